The zero-order chi connectivity index (χ0) is 15.1. The van der Waals surface area contributed by atoms with Crippen LogP contribution in [0.2, 0.25) is 0 Å². The minimum atomic E-state index is -0.250. The van der Waals surface area contributed by atoms with Gasteiger partial charge in [0.1, 0.15) is 5.75 Å². The van der Waals surface area contributed by atoms with Crippen molar-refractivity contribution < 1.29 is 9.53 Å². The highest BCUT2D eigenvalue weighted by atomic mass is 127. The topological polar surface area (TPSA) is 50.7 Å². The number of carbonyl (C=O) groups is 1. The van der Waals surface area contributed by atoms with Gasteiger partial charge in [0, 0.05) is 14.7 Å². The van der Waals surface area contributed by atoms with E-state index >= 15 is 0 Å². The van der Waals surface area contributed by atoms with Gasteiger partial charge in [-0.25, -0.2) is 5.43 Å². The van der Waals surface area contributed by atoms with E-state index in [1.54, 1.807) is 30.5 Å². The lowest BCUT2D eigenvalue weighted by Crippen LogP contribution is -2.17. The molecular formula is C16H15IN2O2. The number of rotatable bonds is 5. The van der Waals surface area contributed by atoms with Crippen LogP contribution in [0.3, 0.4) is 0 Å². The molecule has 108 valence electrons. The number of hydrogen-bond donors (Lipinski definition) is 1. The summed E-state index contributed by atoms with van der Waals surface area (Å²) in [5.74, 6) is 0.497. The summed E-state index contributed by atoms with van der Waals surface area (Å²) in [7, 11) is 0. The van der Waals surface area contributed by atoms with Crippen LogP contribution in [0.25, 0.3) is 0 Å². The molecule has 21 heavy (non-hydrogen) atoms. The first-order chi connectivity index (χ1) is 10.2. The summed E-state index contributed by atoms with van der Waals surface area (Å²) in [6.07, 6.45) is 1.63. The molecule has 0 heterocycles. The van der Waals surface area contributed by atoms with Gasteiger partial charge >= 0.3 is 0 Å². The predicted octanol–water partition coefficient (Wildman–Crippen LogP) is 3.45. The van der Waals surface area contributed by atoms with Crippen LogP contribution in [0, 0.1) is 3.57 Å². The Hall–Kier alpha value is -1.89. The number of hydrazone groups is 1. The van der Waals surface area contributed by atoms with Crippen LogP contribution in [0.1, 0.15) is 22.8 Å². The molecule has 0 spiro atoms. The fourth-order valence-electron chi connectivity index (χ4n) is 1.67. The van der Waals surface area contributed by atoms with Crippen molar-refractivity contribution in [2.75, 3.05) is 6.61 Å². The molecule has 1 N–H and O–H groups in total. The minimum Gasteiger partial charge on any atom is -0.494 e. The average molecular weight is 394 g/mol. The van der Waals surface area contributed by atoms with E-state index in [-0.39, 0.29) is 5.91 Å². The van der Waals surface area contributed by atoms with Crippen LogP contribution in [0.15, 0.2) is 53.6 Å². The summed E-state index contributed by atoms with van der Waals surface area (Å²) < 4.78 is 6.41. The molecule has 0 aliphatic rings. The number of nitrogens with one attached hydrogen (secondary N) is 1. The highest BCUT2D eigenvalue weighted by molar-refractivity contribution is 14.1. The Morgan fingerprint density at radius 1 is 1.24 bits per heavy atom. The van der Waals surface area contributed by atoms with E-state index in [4.69, 9.17) is 4.74 Å². The molecule has 4 nitrogen and oxygen atoms in total. The SMILES string of the molecule is CCOc1ccc(C(=O)N/N=C\c2ccccc2I)cc1. The Balaban J connectivity index is 1.97. The van der Waals surface area contributed by atoms with Crippen LogP contribution in [-0.2, 0) is 0 Å². The summed E-state index contributed by atoms with van der Waals surface area (Å²) >= 11 is 2.22. The van der Waals surface area contributed by atoms with E-state index < -0.39 is 0 Å². The predicted molar refractivity (Wildman–Crippen MR) is 91.8 cm³/mol. The van der Waals surface area contributed by atoms with Crippen molar-refractivity contribution in [3.05, 3.63) is 63.2 Å². The number of ether oxygens (including phenoxy) is 1. The summed E-state index contributed by atoms with van der Waals surface area (Å²) in [4.78, 5) is 11.9. The molecule has 0 unspecified atom stereocenters. The molecular weight excluding hydrogens is 379 g/mol. The van der Waals surface area contributed by atoms with Gasteiger partial charge in [-0.3, -0.25) is 4.79 Å². The molecule has 0 bridgehead atoms. The molecule has 0 aliphatic heterocycles. The normalized spacial score (nSPS) is 10.6. The third-order valence-electron chi connectivity index (χ3n) is 2.70. The number of hydrogen-bond acceptors (Lipinski definition) is 3. The van der Waals surface area contributed by atoms with E-state index in [0.717, 1.165) is 14.9 Å². The number of benzene rings is 2. The third kappa shape index (κ3) is 4.56. The van der Waals surface area contributed by atoms with Gasteiger partial charge in [0.25, 0.3) is 5.91 Å². The zero-order valence-corrected chi connectivity index (χ0v) is 13.7. The molecule has 0 aromatic heterocycles. The Morgan fingerprint density at radius 2 is 1.95 bits per heavy atom. The largest absolute Gasteiger partial charge is 0.494 e. The maximum absolute atomic E-state index is 11.9. The Morgan fingerprint density at radius 3 is 2.62 bits per heavy atom. The highest BCUT2D eigenvalue weighted by Crippen LogP contribution is 2.12. The van der Waals surface area contributed by atoms with Crippen LogP contribution < -0.4 is 10.2 Å². The van der Waals surface area contributed by atoms with Crippen molar-refractivity contribution in [2.24, 2.45) is 5.10 Å². The Kier molecular flexibility index (Phi) is 5.74. The molecule has 0 saturated carbocycles. The molecule has 5 heteroatoms. The van der Waals surface area contributed by atoms with E-state index in [1.165, 1.54) is 0 Å². The Bertz CT molecular complexity index is 639. The molecule has 2 aromatic carbocycles. The maximum atomic E-state index is 11.9. The van der Waals surface area contributed by atoms with Crippen molar-refractivity contribution in [1.29, 1.82) is 0 Å². The van der Waals surface area contributed by atoms with Gasteiger partial charge in [0.05, 0.1) is 12.8 Å². The molecule has 0 aliphatic carbocycles. The zero-order valence-electron chi connectivity index (χ0n) is 11.5. The maximum Gasteiger partial charge on any atom is 0.271 e. The second-order valence-electron chi connectivity index (χ2n) is 4.18. The van der Waals surface area contributed by atoms with E-state index in [2.05, 4.69) is 33.1 Å². The lowest BCUT2D eigenvalue weighted by molar-refractivity contribution is 0.0955. The van der Waals surface area contributed by atoms with Crippen molar-refractivity contribution in [3.63, 3.8) is 0 Å². The first-order valence-electron chi connectivity index (χ1n) is 6.51. The van der Waals surface area contributed by atoms with Crippen molar-refractivity contribution in [2.45, 2.75) is 6.92 Å². The number of halogens is 1. The van der Waals surface area contributed by atoms with E-state index in [0.29, 0.717) is 12.2 Å². The third-order valence-corrected chi connectivity index (χ3v) is 3.68. The summed E-state index contributed by atoms with van der Waals surface area (Å²) in [6.45, 7) is 2.52. The lowest BCUT2D eigenvalue weighted by atomic mass is 10.2. The quantitative estimate of drug-likeness (QED) is 0.480. The minimum absolute atomic E-state index is 0.250. The van der Waals surface area contributed by atoms with Gasteiger partial charge in [-0.05, 0) is 59.8 Å². The van der Waals surface area contributed by atoms with Gasteiger partial charge in [0.15, 0.2) is 0 Å². The first-order valence-corrected chi connectivity index (χ1v) is 7.59. The molecule has 0 atom stereocenters. The number of nitrogens with zero attached hydrogens (tertiary/aromatic N) is 1. The Labute approximate surface area is 137 Å². The fraction of sp³-hybridized carbons (Fsp3) is 0.125. The summed E-state index contributed by atoms with van der Waals surface area (Å²) in [5.41, 5.74) is 4.02. The molecule has 2 rings (SSSR count). The number of amides is 1. The fourth-order valence-corrected chi connectivity index (χ4v) is 2.20. The van der Waals surface area contributed by atoms with E-state index in [1.807, 2.05) is 31.2 Å². The highest BCUT2D eigenvalue weighted by Gasteiger charge is 2.04. The second kappa shape index (κ2) is 7.78. The average Bonchev–Trinajstić information content (AvgIpc) is 2.50. The van der Waals surface area contributed by atoms with Crippen LogP contribution in [0.4, 0.5) is 0 Å². The molecule has 0 saturated heterocycles. The van der Waals surface area contributed by atoms with Crippen LogP contribution >= 0.6 is 22.6 Å². The van der Waals surface area contributed by atoms with Gasteiger partial charge in [0.2, 0.25) is 0 Å². The van der Waals surface area contributed by atoms with Crippen molar-refractivity contribution in [3.8, 4) is 5.75 Å². The summed E-state index contributed by atoms with van der Waals surface area (Å²) in [6, 6.07) is 14.8. The standard InChI is InChI=1S/C16H15IN2O2/c1-2-21-14-9-7-12(8-10-14)16(20)19-18-11-13-5-3-4-6-15(13)17/h3-11H,2H2,1H3,(H,19,20)/b18-11-. The van der Waals surface area contributed by atoms with E-state index in [9.17, 15) is 4.79 Å². The van der Waals surface area contributed by atoms with Crippen LogP contribution in [-0.4, -0.2) is 18.7 Å². The van der Waals surface area contributed by atoms with Gasteiger partial charge in [-0.2, -0.15) is 5.10 Å². The van der Waals surface area contributed by atoms with Crippen molar-refractivity contribution in [1.82, 2.24) is 5.43 Å². The second-order valence-corrected chi connectivity index (χ2v) is 5.34. The summed E-state index contributed by atoms with van der Waals surface area (Å²) in [5, 5.41) is 3.98. The molecule has 1 amide bonds. The molecule has 0 radical (unpaired) electrons. The van der Waals surface area contributed by atoms with Gasteiger partial charge in [-0.1, -0.05) is 18.2 Å². The van der Waals surface area contributed by atoms with Crippen molar-refractivity contribution >= 4 is 34.7 Å². The van der Waals surface area contributed by atoms with Gasteiger partial charge in [-0.15, -0.1) is 0 Å². The first kappa shape index (κ1) is 15.5. The molecule has 2 aromatic rings. The number of carbonyl (C=O) groups excluding carboxylic acids is 1. The molecule has 0 fully saturated rings. The van der Waals surface area contributed by atoms with Gasteiger partial charge < -0.3 is 4.74 Å². The monoisotopic (exact) mass is 394 g/mol. The smallest absolute Gasteiger partial charge is 0.271 e. The van der Waals surface area contributed by atoms with Crippen LogP contribution in [0.5, 0.6) is 5.75 Å². The lowest BCUT2D eigenvalue weighted by Gasteiger charge is -2.04.